The van der Waals surface area contributed by atoms with Gasteiger partial charge in [0.05, 0.1) is 0 Å². The fourth-order valence-corrected chi connectivity index (χ4v) is 0.826. The van der Waals surface area contributed by atoms with E-state index in [2.05, 4.69) is 0 Å². The minimum Gasteiger partial charge on any atom is -0.502 e. The molecule has 3 heteroatoms. The van der Waals surface area contributed by atoms with E-state index < -0.39 is 5.63 Å². The molecule has 11 heavy (non-hydrogen) atoms. The summed E-state index contributed by atoms with van der Waals surface area (Å²) < 4.78 is 4.74. The highest BCUT2D eigenvalue weighted by molar-refractivity contribution is 5.15. The quantitative estimate of drug-likeness (QED) is 0.698. The number of aryl methyl sites for hydroxylation is 1. The second-order valence-corrected chi connectivity index (χ2v) is 2.32. The second-order valence-electron chi connectivity index (χ2n) is 2.32. The second kappa shape index (κ2) is 3.23. The van der Waals surface area contributed by atoms with Gasteiger partial charge >= 0.3 is 5.63 Å². The zero-order chi connectivity index (χ0) is 8.27. The molecule has 0 aliphatic carbocycles. The van der Waals surface area contributed by atoms with E-state index in [4.69, 9.17) is 9.52 Å². The topological polar surface area (TPSA) is 50.4 Å². The Morgan fingerprint density at radius 3 is 2.82 bits per heavy atom. The minimum absolute atomic E-state index is 0.329. The maximum Gasteiger partial charge on any atom is 0.378 e. The van der Waals surface area contributed by atoms with Crippen LogP contribution in [0.2, 0.25) is 0 Å². The summed E-state index contributed by atoms with van der Waals surface area (Å²) >= 11 is 0. The molecule has 0 amide bonds. The summed E-state index contributed by atoms with van der Waals surface area (Å²) in [4.78, 5) is 10.7. The number of rotatable bonds is 2. The zero-order valence-corrected chi connectivity index (χ0v) is 6.33. The SMILES string of the molecule is CCCc1ccc(O)c(=O)o1. The molecule has 0 aromatic carbocycles. The minimum atomic E-state index is -0.657. The van der Waals surface area contributed by atoms with Crippen LogP contribution >= 0.6 is 0 Å². The Morgan fingerprint density at radius 2 is 2.27 bits per heavy atom. The fraction of sp³-hybridized carbons (Fsp3) is 0.375. The lowest BCUT2D eigenvalue weighted by atomic mass is 10.2. The van der Waals surface area contributed by atoms with Crippen LogP contribution in [0.3, 0.4) is 0 Å². The molecule has 0 bridgehead atoms. The van der Waals surface area contributed by atoms with Crippen LogP contribution in [0.15, 0.2) is 21.3 Å². The van der Waals surface area contributed by atoms with Crippen molar-refractivity contribution in [2.75, 3.05) is 0 Å². The van der Waals surface area contributed by atoms with E-state index in [0.29, 0.717) is 5.76 Å². The molecular weight excluding hydrogens is 144 g/mol. The molecule has 3 nitrogen and oxygen atoms in total. The lowest BCUT2D eigenvalue weighted by Gasteiger charge is -1.95. The standard InChI is InChI=1S/C8H10O3/c1-2-3-6-4-5-7(9)8(10)11-6/h4-5,9H,2-3H2,1H3. The smallest absolute Gasteiger partial charge is 0.378 e. The third-order valence-electron chi connectivity index (χ3n) is 1.36. The van der Waals surface area contributed by atoms with Gasteiger partial charge in [0, 0.05) is 6.42 Å². The van der Waals surface area contributed by atoms with Gasteiger partial charge in [-0.3, -0.25) is 0 Å². The van der Waals surface area contributed by atoms with Crippen molar-refractivity contribution < 1.29 is 9.52 Å². The Labute approximate surface area is 64.3 Å². The maximum atomic E-state index is 10.7. The molecule has 60 valence electrons. The van der Waals surface area contributed by atoms with Crippen LogP contribution in [0.5, 0.6) is 5.75 Å². The Morgan fingerprint density at radius 1 is 1.55 bits per heavy atom. The normalized spacial score (nSPS) is 9.91. The summed E-state index contributed by atoms with van der Waals surface area (Å²) in [5, 5.41) is 8.81. The van der Waals surface area contributed by atoms with Crippen molar-refractivity contribution in [2.24, 2.45) is 0 Å². The molecule has 1 rings (SSSR count). The molecule has 0 spiro atoms. The Balaban J connectivity index is 2.96. The van der Waals surface area contributed by atoms with Gasteiger partial charge in [0.15, 0.2) is 0 Å². The van der Waals surface area contributed by atoms with Gasteiger partial charge in [-0.1, -0.05) is 6.92 Å². The van der Waals surface area contributed by atoms with Crippen LogP contribution in [0.25, 0.3) is 0 Å². The highest BCUT2D eigenvalue weighted by Gasteiger charge is 1.99. The summed E-state index contributed by atoms with van der Waals surface area (Å²) in [6.07, 6.45) is 1.66. The van der Waals surface area contributed by atoms with Crippen LogP contribution < -0.4 is 5.63 Å². The van der Waals surface area contributed by atoms with Crippen LogP contribution in [0.4, 0.5) is 0 Å². The Bertz CT molecular complexity index is 288. The van der Waals surface area contributed by atoms with E-state index in [-0.39, 0.29) is 5.75 Å². The van der Waals surface area contributed by atoms with Crippen molar-refractivity contribution in [2.45, 2.75) is 19.8 Å². The van der Waals surface area contributed by atoms with Gasteiger partial charge in [0.25, 0.3) is 0 Å². The maximum absolute atomic E-state index is 10.7. The first kappa shape index (κ1) is 7.85. The van der Waals surface area contributed by atoms with Crippen molar-refractivity contribution in [1.29, 1.82) is 0 Å². The summed E-state index contributed by atoms with van der Waals surface area (Å²) in [7, 11) is 0. The predicted molar refractivity (Wildman–Crippen MR) is 40.6 cm³/mol. The van der Waals surface area contributed by atoms with E-state index >= 15 is 0 Å². The van der Waals surface area contributed by atoms with E-state index in [1.54, 1.807) is 6.07 Å². The number of hydrogen-bond acceptors (Lipinski definition) is 3. The highest BCUT2D eigenvalue weighted by Crippen LogP contribution is 2.04. The molecule has 0 radical (unpaired) electrons. The molecule has 1 N–H and O–H groups in total. The Hall–Kier alpha value is -1.25. The monoisotopic (exact) mass is 154 g/mol. The van der Waals surface area contributed by atoms with Gasteiger partial charge in [-0.05, 0) is 18.6 Å². The van der Waals surface area contributed by atoms with Crippen molar-refractivity contribution in [3.05, 3.63) is 28.3 Å². The predicted octanol–water partition coefficient (Wildman–Crippen LogP) is 1.30. The third kappa shape index (κ3) is 1.83. The molecular formula is C8H10O3. The first-order chi connectivity index (χ1) is 5.24. The summed E-state index contributed by atoms with van der Waals surface area (Å²) in [5.41, 5.74) is -0.657. The van der Waals surface area contributed by atoms with Crippen LogP contribution in [0.1, 0.15) is 19.1 Å². The summed E-state index contributed by atoms with van der Waals surface area (Å²) in [6, 6.07) is 2.97. The van der Waals surface area contributed by atoms with E-state index in [1.165, 1.54) is 6.07 Å². The molecule has 0 saturated carbocycles. The Kier molecular flexibility index (Phi) is 2.31. The number of hydrogen-bond donors (Lipinski definition) is 1. The van der Waals surface area contributed by atoms with Crippen molar-refractivity contribution in [3.8, 4) is 5.75 Å². The molecule has 0 saturated heterocycles. The molecule has 1 heterocycles. The van der Waals surface area contributed by atoms with E-state index in [1.807, 2.05) is 6.92 Å². The third-order valence-corrected chi connectivity index (χ3v) is 1.36. The molecule has 0 aliphatic heterocycles. The van der Waals surface area contributed by atoms with Crippen LogP contribution in [0, 0.1) is 0 Å². The van der Waals surface area contributed by atoms with E-state index in [9.17, 15) is 4.79 Å². The first-order valence-electron chi connectivity index (χ1n) is 3.56. The molecule has 0 atom stereocenters. The van der Waals surface area contributed by atoms with Gasteiger partial charge < -0.3 is 9.52 Å². The van der Waals surface area contributed by atoms with Crippen LogP contribution in [-0.2, 0) is 6.42 Å². The molecule has 1 aromatic rings. The fourth-order valence-electron chi connectivity index (χ4n) is 0.826. The molecule has 0 fully saturated rings. The molecule has 0 aliphatic rings. The van der Waals surface area contributed by atoms with E-state index in [0.717, 1.165) is 12.8 Å². The van der Waals surface area contributed by atoms with Gasteiger partial charge in [0.2, 0.25) is 5.75 Å². The highest BCUT2D eigenvalue weighted by atomic mass is 16.4. The molecule has 1 aromatic heterocycles. The van der Waals surface area contributed by atoms with Gasteiger partial charge in [0.1, 0.15) is 5.76 Å². The largest absolute Gasteiger partial charge is 0.502 e. The van der Waals surface area contributed by atoms with Gasteiger partial charge in [-0.25, -0.2) is 4.79 Å². The average molecular weight is 154 g/mol. The zero-order valence-electron chi connectivity index (χ0n) is 6.33. The summed E-state index contributed by atoms with van der Waals surface area (Å²) in [5.74, 6) is 0.292. The summed E-state index contributed by atoms with van der Waals surface area (Å²) in [6.45, 7) is 1.99. The van der Waals surface area contributed by atoms with Crippen molar-refractivity contribution >= 4 is 0 Å². The lowest BCUT2D eigenvalue weighted by Crippen LogP contribution is -1.99. The van der Waals surface area contributed by atoms with Gasteiger partial charge in [-0.15, -0.1) is 0 Å². The van der Waals surface area contributed by atoms with Crippen molar-refractivity contribution in [1.82, 2.24) is 0 Å². The average Bonchev–Trinajstić information content (AvgIpc) is 1.98. The van der Waals surface area contributed by atoms with Crippen LogP contribution in [-0.4, -0.2) is 5.11 Å². The first-order valence-corrected chi connectivity index (χ1v) is 3.56. The number of aromatic hydroxyl groups is 1. The lowest BCUT2D eigenvalue weighted by molar-refractivity contribution is 0.391. The van der Waals surface area contributed by atoms with Gasteiger partial charge in [-0.2, -0.15) is 0 Å². The molecule has 0 unspecified atom stereocenters. The van der Waals surface area contributed by atoms with Crippen molar-refractivity contribution in [3.63, 3.8) is 0 Å².